The molecule has 0 heterocycles. The minimum atomic E-state index is -4.16. The van der Waals surface area contributed by atoms with Gasteiger partial charge in [-0.25, -0.2) is 8.42 Å². The van der Waals surface area contributed by atoms with E-state index in [-0.39, 0.29) is 16.2 Å². The molecule has 1 saturated carbocycles. The average molecular weight is 371 g/mol. The molecular formula is C15H17NO6S2. The average Bonchev–Trinajstić information content (AvgIpc) is 2.55. The number of carbonyl (C=O) groups is 2. The van der Waals surface area contributed by atoms with Crippen LogP contribution >= 0.6 is 12.2 Å². The van der Waals surface area contributed by atoms with Gasteiger partial charge in [0.2, 0.25) is 10.0 Å². The Morgan fingerprint density at radius 2 is 2.00 bits per heavy atom. The maximum atomic E-state index is 12.8. The Hall–Kier alpha value is -1.84. The lowest BCUT2D eigenvalue weighted by molar-refractivity contribution is -0.137. The normalized spacial score (nSPS) is 18.7. The van der Waals surface area contributed by atoms with Gasteiger partial charge in [0.25, 0.3) is 0 Å². The number of Topliss-reactive ketones (excluding diaryl/α,β-unsaturated/α-hetero) is 1. The third-order valence-electron chi connectivity index (χ3n) is 3.76. The van der Waals surface area contributed by atoms with Gasteiger partial charge >= 0.3 is 5.97 Å². The van der Waals surface area contributed by atoms with Gasteiger partial charge in [-0.05, 0) is 43.5 Å². The molecule has 1 fully saturated rings. The van der Waals surface area contributed by atoms with Gasteiger partial charge in [0.15, 0.2) is 5.78 Å². The molecule has 0 aromatic heterocycles. The number of ether oxygens (including phenoxy) is 1. The first-order chi connectivity index (χ1) is 11.3. The zero-order valence-corrected chi connectivity index (χ0v) is 14.6. The van der Waals surface area contributed by atoms with E-state index in [1.807, 2.05) is 0 Å². The number of benzene rings is 1. The second-order valence-electron chi connectivity index (χ2n) is 5.31. The molecule has 0 radical (unpaired) electrons. The summed E-state index contributed by atoms with van der Waals surface area (Å²) in [5.74, 6) is -1.36. The highest BCUT2D eigenvalue weighted by molar-refractivity contribution is 7.89. The maximum Gasteiger partial charge on any atom is 0.318 e. The first-order valence-electron chi connectivity index (χ1n) is 7.22. The van der Waals surface area contributed by atoms with E-state index in [0.29, 0.717) is 18.6 Å². The number of carboxylic acids is 1. The fraction of sp³-hybridized carbons (Fsp3) is 0.400. The lowest BCUT2D eigenvalue weighted by atomic mass is 9.94. The lowest BCUT2D eigenvalue weighted by Gasteiger charge is -2.31. The third kappa shape index (κ3) is 3.80. The van der Waals surface area contributed by atoms with Crippen molar-refractivity contribution in [2.24, 2.45) is 0 Å². The Balaban J connectivity index is 2.43. The summed E-state index contributed by atoms with van der Waals surface area (Å²) in [4.78, 5) is 23.5. The predicted molar refractivity (Wildman–Crippen MR) is 89.8 cm³/mol. The van der Waals surface area contributed by atoms with Crippen LogP contribution in [0.5, 0.6) is 5.75 Å². The molecule has 0 saturated heterocycles. The Morgan fingerprint density at radius 1 is 1.38 bits per heavy atom. The summed E-state index contributed by atoms with van der Waals surface area (Å²) >= 11 is 4.98. The van der Waals surface area contributed by atoms with E-state index < -0.39 is 34.4 Å². The van der Waals surface area contributed by atoms with Crippen molar-refractivity contribution in [3.05, 3.63) is 24.3 Å². The smallest absolute Gasteiger partial charge is 0.318 e. The van der Waals surface area contributed by atoms with Crippen molar-refractivity contribution < 1.29 is 27.9 Å². The molecule has 1 aliphatic carbocycles. The molecular weight excluding hydrogens is 354 g/mol. The van der Waals surface area contributed by atoms with Gasteiger partial charge in [-0.3, -0.25) is 9.59 Å². The molecule has 24 heavy (non-hydrogen) atoms. The maximum absolute atomic E-state index is 12.8. The number of methoxy groups -OCH3 is 1. The fourth-order valence-electron chi connectivity index (χ4n) is 2.55. The highest BCUT2D eigenvalue weighted by Gasteiger charge is 2.39. The number of sulfonamides is 1. The standard InChI is InChI=1S/C15H17NO6S2/c1-22-10-5-7-11(8-6-10)24(20,21)16(9-14(17)18)12-3-2-4-13(23)15(12)19/h5-8,12H,2-4,9H2,1H3,(H,17,18). The Morgan fingerprint density at radius 3 is 2.54 bits per heavy atom. The van der Waals surface area contributed by atoms with Crippen LogP contribution in [0, 0.1) is 0 Å². The number of rotatable bonds is 6. The molecule has 0 spiro atoms. The highest BCUT2D eigenvalue weighted by atomic mass is 32.2. The van der Waals surface area contributed by atoms with Crippen molar-refractivity contribution in [1.82, 2.24) is 4.31 Å². The van der Waals surface area contributed by atoms with Crippen LogP contribution in [-0.2, 0) is 19.6 Å². The molecule has 0 bridgehead atoms. The SMILES string of the molecule is COc1ccc(S(=O)(=O)N(CC(=O)O)C2CCCC(=S)C2=O)cc1. The van der Waals surface area contributed by atoms with Gasteiger partial charge in [-0.15, -0.1) is 0 Å². The van der Waals surface area contributed by atoms with E-state index in [4.69, 9.17) is 22.1 Å². The molecule has 1 aromatic carbocycles. The van der Waals surface area contributed by atoms with Gasteiger partial charge in [0, 0.05) is 0 Å². The first-order valence-corrected chi connectivity index (χ1v) is 9.07. The molecule has 1 atom stereocenters. The molecule has 1 aromatic rings. The second-order valence-corrected chi connectivity index (χ2v) is 7.70. The quantitative estimate of drug-likeness (QED) is 0.751. The van der Waals surface area contributed by atoms with Gasteiger partial charge in [0.1, 0.15) is 12.3 Å². The van der Waals surface area contributed by atoms with Crippen LogP contribution in [0.1, 0.15) is 19.3 Å². The summed E-state index contributed by atoms with van der Waals surface area (Å²) in [6, 6.07) is 4.47. The summed E-state index contributed by atoms with van der Waals surface area (Å²) in [7, 11) is -2.71. The third-order valence-corrected chi connectivity index (χ3v) is 6.04. The van der Waals surface area contributed by atoms with Gasteiger partial charge < -0.3 is 9.84 Å². The van der Waals surface area contributed by atoms with Crippen LogP contribution in [0.3, 0.4) is 0 Å². The molecule has 7 nitrogen and oxygen atoms in total. The molecule has 0 aliphatic heterocycles. The van der Waals surface area contributed by atoms with E-state index in [2.05, 4.69) is 0 Å². The molecule has 2 rings (SSSR count). The molecule has 1 unspecified atom stereocenters. The number of hydrogen-bond donors (Lipinski definition) is 1. The molecule has 1 N–H and O–H groups in total. The largest absolute Gasteiger partial charge is 0.497 e. The summed E-state index contributed by atoms with van der Waals surface area (Å²) in [5, 5.41) is 9.09. The zero-order chi connectivity index (χ0) is 17.9. The predicted octanol–water partition coefficient (Wildman–Crippen LogP) is 1.26. The minimum Gasteiger partial charge on any atom is -0.497 e. The number of ketones is 1. The van der Waals surface area contributed by atoms with Crippen LogP contribution in [0.4, 0.5) is 0 Å². The van der Waals surface area contributed by atoms with Crippen LogP contribution in [0.25, 0.3) is 0 Å². The van der Waals surface area contributed by atoms with Crippen molar-refractivity contribution in [2.75, 3.05) is 13.7 Å². The summed E-state index contributed by atoms with van der Waals surface area (Å²) in [6.45, 7) is -0.798. The van der Waals surface area contributed by atoms with Crippen molar-refractivity contribution in [3.8, 4) is 5.75 Å². The van der Waals surface area contributed by atoms with Gasteiger partial charge in [0.05, 0.1) is 22.9 Å². The van der Waals surface area contributed by atoms with Crippen LogP contribution in [0.2, 0.25) is 0 Å². The number of carboxylic acid groups (broad SMARTS) is 1. The van der Waals surface area contributed by atoms with E-state index in [1.165, 1.54) is 31.4 Å². The first kappa shape index (κ1) is 18.5. The van der Waals surface area contributed by atoms with E-state index in [0.717, 1.165) is 4.31 Å². The van der Waals surface area contributed by atoms with E-state index >= 15 is 0 Å². The van der Waals surface area contributed by atoms with Crippen molar-refractivity contribution in [3.63, 3.8) is 0 Å². The Bertz CT molecular complexity index is 757. The topological polar surface area (TPSA) is 101 Å². The number of hydrogen-bond acceptors (Lipinski definition) is 6. The summed E-state index contributed by atoms with van der Waals surface area (Å²) in [5.41, 5.74) is 0. The van der Waals surface area contributed by atoms with Gasteiger partial charge in [-0.1, -0.05) is 12.2 Å². The Labute approximate surface area is 145 Å². The van der Waals surface area contributed by atoms with Crippen molar-refractivity contribution in [2.45, 2.75) is 30.2 Å². The number of carbonyl (C=O) groups excluding carboxylic acids is 1. The summed E-state index contributed by atoms with van der Waals surface area (Å²) < 4.78 is 31.4. The minimum absolute atomic E-state index is 0.103. The van der Waals surface area contributed by atoms with Crippen LogP contribution < -0.4 is 4.74 Å². The van der Waals surface area contributed by atoms with Crippen molar-refractivity contribution in [1.29, 1.82) is 0 Å². The van der Waals surface area contributed by atoms with E-state index in [1.54, 1.807) is 0 Å². The van der Waals surface area contributed by atoms with Crippen molar-refractivity contribution >= 4 is 38.9 Å². The fourth-order valence-corrected chi connectivity index (χ4v) is 4.40. The molecule has 1 aliphatic rings. The lowest BCUT2D eigenvalue weighted by Crippen LogP contribution is -2.50. The summed E-state index contributed by atoms with van der Waals surface area (Å²) in [6.07, 6.45) is 1.22. The van der Waals surface area contributed by atoms with Gasteiger partial charge in [-0.2, -0.15) is 4.31 Å². The number of thiocarbonyl (C=S) groups is 1. The van der Waals surface area contributed by atoms with Crippen LogP contribution in [0.15, 0.2) is 29.2 Å². The van der Waals surface area contributed by atoms with Crippen LogP contribution in [-0.4, -0.2) is 54.1 Å². The molecule has 130 valence electrons. The zero-order valence-electron chi connectivity index (χ0n) is 13.0. The Kier molecular flexibility index (Phi) is 5.68. The highest BCUT2D eigenvalue weighted by Crippen LogP contribution is 2.26. The second kappa shape index (κ2) is 7.37. The number of nitrogens with zero attached hydrogens (tertiary/aromatic N) is 1. The number of aliphatic carboxylic acids is 1. The molecule has 0 amide bonds. The molecule has 9 heteroatoms. The van der Waals surface area contributed by atoms with E-state index in [9.17, 15) is 18.0 Å². The monoisotopic (exact) mass is 371 g/mol.